The van der Waals surface area contributed by atoms with Crippen LogP contribution in [-0.4, -0.2) is 20.9 Å². The molecule has 2 aromatic rings. The number of nitrogen functional groups attached to an aromatic ring is 1. The standard InChI is InChI=1S/C9H7Br2N5OS/c1-3-5(18-9(12)14-3)8(17)16-7-6(11)15-4(10)2-13-7/h2H,1H3,(H2,12,14)(H,13,16,17). The molecule has 0 saturated carbocycles. The molecule has 1 amide bonds. The highest BCUT2D eigenvalue weighted by Gasteiger charge is 2.16. The van der Waals surface area contributed by atoms with E-state index in [4.69, 9.17) is 5.73 Å². The van der Waals surface area contributed by atoms with Crippen LogP contribution in [0, 0.1) is 6.92 Å². The van der Waals surface area contributed by atoms with E-state index in [1.807, 2.05) is 0 Å². The van der Waals surface area contributed by atoms with Crippen LogP contribution in [-0.2, 0) is 0 Å². The van der Waals surface area contributed by atoms with Gasteiger partial charge in [-0.1, -0.05) is 11.3 Å². The van der Waals surface area contributed by atoms with Crippen molar-refractivity contribution < 1.29 is 4.79 Å². The van der Waals surface area contributed by atoms with Gasteiger partial charge in [0.1, 0.15) is 14.1 Å². The minimum atomic E-state index is -0.306. The maximum atomic E-state index is 12.0. The number of nitrogens with one attached hydrogen (secondary N) is 1. The van der Waals surface area contributed by atoms with Crippen LogP contribution in [0.3, 0.4) is 0 Å². The van der Waals surface area contributed by atoms with Crippen LogP contribution >= 0.6 is 43.2 Å². The first-order valence-electron chi connectivity index (χ1n) is 4.69. The summed E-state index contributed by atoms with van der Waals surface area (Å²) in [7, 11) is 0. The molecule has 2 rings (SSSR count). The summed E-state index contributed by atoms with van der Waals surface area (Å²) in [5.41, 5.74) is 6.14. The van der Waals surface area contributed by atoms with Crippen molar-refractivity contribution in [2.24, 2.45) is 0 Å². The Balaban J connectivity index is 2.24. The first-order chi connectivity index (χ1) is 8.47. The van der Waals surface area contributed by atoms with Crippen LogP contribution in [0.2, 0.25) is 0 Å². The SMILES string of the molecule is Cc1nc(N)sc1C(=O)Nc1ncc(Br)nc1Br. The lowest BCUT2D eigenvalue weighted by atomic mass is 10.4. The molecule has 0 radical (unpaired) electrons. The number of carbonyl (C=O) groups excluding carboxylic acids is 1. The van der Waals surface area contributed by atoms with E-state index < -0.39 is 0 Å². The largest absolute Gasteiger partial charge is 0.375 e. The predicted molar refractivity (Wildman–Crippen MR) is 76.6 cm³/mol. The maximum absolute atomic E-state index is 12.0. The van der Waals surface area contributed by atoms with E-state index in [9.17, 15) is 4.79 Å². The molecule has 2 heterocycles. The van der Waals surface area contributed by atoms with E-state index in [1.54, 1.807) is 6.92 Å². The van der Waals surface area contributed by atoms with Gasteiger partial charge in [-0.15, -0.1) is 0 Å². The lowest BCUT2D eigenvalue weighted by Gasteiger charge is -2.04. The molecule has 0 spiro atoms. The highest BCUT2D eigenvalue weighted by molar-refractivity contribution is 9.11. The molecule has 0 bridgehead atoms. The lowest BCUT2D eigenvalue weighted by Crippen LogP contribution is -2.13. The van der Waals surface area contributed by atoms with Crippen molar-refractivity contribution in [2.45, 2.75) is 6.92 Å². The van der Waals surface area contributed by atoms with Crippen LogP contribution in [0.5, 0.6) is 0 Å². The molecule has 0 aliphatic rings. The highest BCUT2D eigenvalue weighted by atomic mass is 79.9. The number of nitrogens with zero attached hydrogens (tertiary/aromatic N) is 3. The molecule has 0 unspecified atom stereocenters. The number of aryl methyl sites for hydroxylation is 1. The van der Waals surface area contributed by atoms with Crippen LogP contribution in [0.15, 0.2) is 15.4 Å². The summed E-state index contributed by atoms with van der Waals surface area (Å²) in [6.07, 6.45) is 1.49. The number of halogens is 2. The van der Waals surface area contributed by atoms with Crippen molar-refractivity contribution >= 4 is 60.1 Å². The highest BCUT2D eigenvalue weighted by Crippen LogP contribution is 2.23. The second-order valence-corrected chi connectivity index (χ2v) is 5.85. The van der Waals surface area contributed by atoms with E-state index in [0.29, 0.717) is 30.7 Å². The average Bonchev–Trinajstić information content (AvgIpc) is 2.62. The third kappa shape index (κ3) is 2.85. The summed E-state index contributed by atoms with van der Waals surface area (Å²) >= 11 is 7.53. The van der Waals surface area contributed by atoms with E-state index in [2.05, 4.69) is 52.1 Å². The van der Waals surface area contributed by atoms with Crippen molar-refractivity contribution in [1.82, 2.24) is 15.0 Å². The third-order valence-electron chi connectivity index (χ3n) is 1.95. The zero-order chi connectivity index (χ0) is 13.3. The fraction of sp³-hybridized carbons (Fsp3) is 0.111. The summed E-state index contributed by atoms with van der Waals surface area (Å²) in [6.45, 7) is 1.73. The van der Waals surface area contributed by atoms with Crippen LogP contribution < -0.4 is 11.1 Å². The third-order valence-corrected chi connectivity index (χ3v) is 3.87. The van der Waals surface area contributed by atoms with Crippen LogP contribution in [0.4, 0.5) is 10.9 Å². The number of carbonyl (C=O) groups is 1. The molecule has 0 atom stereocenters. The van der Waals surface area contributed by atoms with Gasteiger partial charge in [-0.25, -0.2) is 15.0 Å². The quantitative estimate of drug-likeness (QED) is 0.819. The molecule has 9 heteroatoms. The molecule has 3 N–H and O–H groups in total. The van der Waals surface area contributed by atoms with Gasteiger partial charge in [-0.3, -0.25) is 4.79 Å². The number of aromatic nitrogens is 3. The number of nitrogens with two attached hydrogens (primary N) is 1. The number of hydrogen-bond acceptors (Lipinski definition) is 6. The molecule has 0 aromatic carbocycles. The Morgan fingerprint density at radius 3 is 2.72 bits per heavy atom. The summed E-state index contributed by atoms with van der Waals surface area (Å²) in [5, 5.41) is 3.00. The van der Waals surface area contributed by atoms with E-state index in [0.717, 1.165) is 11.3 Å². The van der Waals surface area contributed by atoms with Crippen molar-refractivity contribution in [3.63, 3.8) is 0 Å². The molecular weight excluding hydrogens is 386 g/mol. The smallest absolute Gasteiger partial charge is 0.268 e. The molecule has 0 aliphatic heterocycles. The zero-order valence-electron chi connectivity index (χ0n) is 9.07. The Kier molecular flexibility index (Phi) is 3.93. The molecule has 18 heavy (non-hydrogen) atoms. The second-order valence-electron chi connectivity index (χ2n) is 3.25. The number of anilines is 2. The summed E-state index contributed by atoms with van der Waals surface area (Å²) in [4.78, 5) is 24.6. The molecule has 0 saturated heterocycles. The van der Waals surface area contributed by atoms with Gasteiger partial charge in [0, 0.05) is 0 Å². The molecule has 0 fully saturated rings. The van der Waals surface area contributed by atoms with E-state index >= 15 is 0 Å². The minimum absolute atomic E-state index is 0.306. The van der Waals surface area contributed by atoms with Crippen molar-refractivity contribution in [2.75, 3.05) is 11.1 Å². The van der Waals surface area contributed by atoms with Gasteiger partial charge in [0.05, 0.1) is 11.9 Å². The fourth-order valence-electron chi connectivity index (χ4n) is 1.22. The molecule has 0 aliphatic carbocycles. The van der Waals surface area contributed by atoms with Gasteiger partial charge >= 0.3 is 0 Å². The van der Waals surface area contributed by atoms with Crippen LogP contribution in [0.1, 0.15) is 15.4 Å². The van der Waals surface area contributed by atoms with E-state index in [-0.39, 0.29) is 5.91 Å². The number of thiazole rings is 1. The Hall–Kier alpha value is -1.06. The molecular formula is C9H7Br2N5OS. The van der Waals surface area contributed by atoms with Crippen LogP contribution in [0.25, 0.3) is 0 Å². The first kappa shape index (κ1) is 13.4. The van der Waals surface area contributed by atoms with Gasteiger partial charge < -0.3 is 11.1 Å². The molecule has 6 nitrogen and oxygen atoms in total. The Labute approximate surface area is 123 Å². The second kappa shape index (κ2) is 5.29. The van der Waals surface area contributed by atoms with Crippen molar-refractivity contribution in [3.05, 3.63) is 26.0 Å². The lowest BCUT2D eigenvalue weighted by molar-refractivity contribution is 0.102. The Morgan fingerprint density at radius 1 is 1.44 bits per heavy atom. The summed E-state index contributed by atoms with van der Waals surface area (Å²) in [5.74, 6) is 0.0357. The van der Waals surface area contributed by atoms with Gasteiger partial charge in [-0.05, 0) is 38.8 Å². The normalized spacial score (nSPS) is 10.4. The molecule has 2 aromatic heterocycles. The Morgan fingerprint density at radius 2 is 2.17 bits per heavy atom. The fourth-order valence-corrected chi connectivity index (χ4v) is 2.86. The number of amides is 1. The van der Waals surface area contributed by atoms with Crippen molar-refractivity contribution in [1.29, 1.82) is 0 Å². The maximum Gasteiger partial charge on any atom is 0.268 e. The number of rotatable bonds is 2. The minimum Gasteiger partial charge on any atom is -0.375 e. The van der Waals surface area contributed by atoms with Gasteiger partial charge in [0.2, 0.25) is 0 Å². The average molecular weight is 393 g/mol. The monoisotopic (exact) mass is 391 g/mol. The van der Waals surface area contributed by atoms with Gasteiger partial charge in [0.15, 0.2) is 10.9 Å². The topological polar surface area (TPSA) is 93.8 Å². The molecule has 94 valence electrons. The van der Waals surface area contributed by atoms with Crippen molar-refractivity contribution in [3.8, 4) is 0 Å². The Bertz CT molecular complexity index is 615. The summed E-state index contributed by atoms with van der Waals surface area (Å²) in [6, 6.07) is 0. The van der Waals surface area contributed by atoms with E-state index in [1.165, 1.54) is 6.20 Å². The predicted octanol–water partition coefficient (Wildman–Crippen LogP) is 2.60. The first-order valence-corrected chi connectivity index (χ1v) is 7.10. The zero-order valence-corrected chi connectivity index (χ0v) is 13.1. The summed E-state index contributed by atoms with van der Waals surface area (Å²) < 4.78 is 1.02. The van der Waals surface area contributed by atoms with Gasteiger partial charge in [0.25, 0.3) is 5.91 Å². The van der Waals surface area contributed by atoms with Gasteiger partial charge in [-0.2, -0.15) is 0 Å². The number of hydrogen-bond donors (Lipinski definition) is 2.